The first-order chi connectivity index (χ1) is 7.72. The van der Waals surface area contributed by atoms with Gasteiger partial charge in [0.15, 0.2) is 0 Å². The average Bonchev–Trinajstić information content (AvgIpc) is 2.27. The first kappa shape index (κ1) is 13.5. The summed E-state index contributed by atoms with van der Waals surface area (Å²) in [6.45, 7) is 4.15. The molecule has 0 heterocycles. The van der Waals surface area contributed by atoms with Crippen LogP contribution in [0.1, 0.15) is 32.6 Å². The number of rotatable bonds is 6. The molecular formula is C12H24N2O2. The molecule has 0 bridgehead atoms. The summed E-state index contributed by atoms with van der Waals surface area (Å²) in [7, 11) is 0. The number of carbonyl (C=O) groups is 1. The predicted molar refractivity (Wildman–Crippen MR) is 64.0 cm³/mol. The van der Waals surface area contributed by atoms with E-state index in [1.165, 1.54) is 25.7 Å². The Kier molecular flexibility index (Phi) is 6.42. The third kappa shape index (κ3) is 5.47. The van der Waals surface area contributed by atoms with Crippen molar-refractivity contribution in [3.63, 3.8) is 0 Å². The fraction of sp³-hybridized carbons (Fsp3) is 0.917. The van der Waals surface area contributed by atoms with Crippen LogP contribution in [0.5, 0.6) is 0 Å². The molecule has 4 nitrogen and oxygen atoms in total. The van der Waals surface area contributed by atoms with Crippen LogP contribution >= 0.6 is 0 Å². The summed E-state index contributed by atoms with van der Waals surface area (Å²) < 4.78 is 5.07. The van der Waals surface area contributed by atoms with Crippen molar-refractivity contribution in [2.24, 2.45) is 17.6 Å². The van der Waals surface area contributed by atoms with Crippen LogP contribution in [0.25, 0.3) is 0 Å². The molecule has 2 unspecified atom stereocenters. The number of ether oxygens (including phenoxy) is 1. The Balaban J connectivity index is 2.06. The predicted octanol–water partition coefficient (Wildman–Crippen LogP) is 0.904. The van der Waals surface area contributed by atoms with Crippen LogP contribution in [-0.4, -0.2) is 32.2 Å². The van der Waals surface area contributed by atoms with E-state index in [0.29, 0.717) is 19.1 Å². The summed E-state index contributed by atoms with van der Waals surface area (Å²) in [6.07, 6.45) is 5.12. The molecule has 0 aromatic carbocycles. The Bertz CT molecular complexity index is 209. The zero-order valence-corrected chi connectivity index (χ0v) is 10.2. The highest BCUT2D eigenvalue weighted by Crippen LogP contribution is 2.27. The number of nitrogens with one attached hydrogen (secondary N) is 1. The Morgan fingerprint density at radius 1 is 1.50 bits per heavy atom. The molecule has 0 aromatic heterocycles. The van der Waals surface area contributed by atoms with Gasteiger partial charge in [0, 0.05) is 13.1 Å². The number of nitrogens with two attached hydrogens (primary N) is 1. The van der Waals surface area contributed by atoms with Gasteiger partial charge in [-0.2, -0.15) is 0 Å². The largest absolute Gasteiger partial charge is 0.370 e. The molecule has 0 aromatic rings. The van der Waals surface area contributed by atoms with Crippen LogP contribution in [0.3, 0.4) is 0 Å². The van der Waals surface area contributed by atoms with E-state index in [0.717, 1.165) is 12.5 Å². The molecular weight excluding hydrogens is 204 g/mol. The first-order valence-corrected chi connectivity index (χ1v) is 6.27. The fourth-order valence-electron chi connectivity index (χ4n) is 2.30. The SMILES string of the molecule is CC1CCCC(CNC(=O)COCCN)C1. The molecule has 1 aliphatic rings. The summed E-state index contributed by atoms with van der Waals surface area (Å²) in [6, 6.07) is 0. The van der Waals surface area contributed by atoms with Gasteiger partial charge in [0.25, 0.3) is 0 Å². The topological polar surface area (TPSA) is 64.3 Å². The molecule has 0 spiro atoms. The molecule has 2 atom stereocenters. The van der Waals surface area contributed by atoms with E-state index in [4.69, 9.17) is 10.5 Å². The second-order valence-electron chi connectivity index (χ2n) is 4.78. The van der Waals surface area contributed by atoms with Crippen LogP contribution in [0.4, 0.5) is 0 Å². The monoisotopic (exact) mass is 228 g/mol. The molecule has 94 valence electrons. The third-order valence-electron chi connectivity index (χ3n) is 3.13. The van der Waals surface area contributed by atoms with E-state index in [2.05, 4.69) is 12.2 Å². The van der Waals surface area contributed by atoms with Crippen molar-refractivity contribution >= 4 is 5.91 Å². The molecule has 0 saturated heterocycles. The lowest BCUT2D eigenvalue weighted by molar-refractivity contribution is -0.125. The van der Waals surface area contributed by atoms with Crippen LogP contribution in [0, 0.1) is 11.8 Å². The van der Waals surface area contributed by atoms with Crippen molar-refractivity contribution in [2.75, 3.05) is 26.3 Å². The molecule has 16 heavy (non-hydrogen) atoms. The van der Waals surface area contributed by atoms with Gasteiger partial charge in [-0.25, -0.2) is 0 Å². The van der Waals surface area contributed by atoms with Gasteiger partial charge in [0.1, 0.15) is 6.61 Å². The fourth-order valence-corrected chi connectivity index (χ4v) is 2.30. The van der Waals surface area contributed by atoms with Gasteiger partial charge in [-0.05, 0) is 24.7 Å². The maximum Gasteiger partial charge on any atom is 0.246 e. The van der Waals surface area contributed by atoms with Crippen molar-refractivity contribution in [1.29, 1.82) is 0 Å². The van der Waals surface area contributed by atoms with Gasteiger partial charge < -0.3 is 15.8 Å². The third-order valence-corrected chi connectivity index (χ3v) is 3.13. The van der Waals surface area contributed by atoms with Gasteiger partial charge in [-0.1, -0.05) is 19.8 Å². The minimum Gasteiger partial charge on any atom is -0.370 e. The highest BCUT2D eigenvalue weighted by molar-refractivity contribution is 5.77. The minimum absolute atomic E-state index is 0.0216. The van der Waals surface area contributed by atoms with Crippen molar-refractivity contribution < 1.29 is 9.53 Å². The van der Waals surface area contributed by atoms with Crippen LogP contribution in [-0.2, 0) is 9.53 Å². The molecule has 1 saturated carbocycles. The first-order valence-electron chi connectivity index (χ1n) is 6.27. The molecule has 1 aliphatic carbocycles. The Hall–Kier alpha value is -0.610. The van der Waals surface area contributed by atoms with Crippen molar-refractivity contribution in [1.82, 2.24) is 5.32 Å². The molecule has 1 fully saturated rings. The second-order valence-corrected chi connectivity index (χ2v) is 4.78. The van der Waals surface area contributed by atoms with Crippen molar-refractivity contribution in [3.8, 4) is 0 Å². The highest BCUT2D eigenvalue weighted by atomic mass is 16.5. The summed E-state index contributed by atoms with van der Waals surface area (Å²) >= 11 is 0. The summed E-state index contributed by atoms with van der Waals surface area (Å²) in [5.41, 5.74) is 5.26. The number of hydrogen-bond acceptors (Lipinski definition) is 3. The molecule has 1 amide bonds. The van der Waals surface area contributed by atoms with E-state index in [1.807, 2.05) is 0 Å². The molecule has 4 heteroatoms. The summed E-state index contributed by atoms with van der Waals surface area (Å²) in [4.78, 5) is 11.4. The van der Waals surface area contributed by atoms with Gasteiger partial charge in [0.05, 0.1) is 6.61 Å². The molecule has 1 rings (SSSR count). The lowest BCUT2D eigenvalue weighted by Gasteiger charge is -2.26. The van der Waals surface area contributed by atoms with Gasteiger partial charge in [-0.15, -0.1) is 0 Å². The van der Waals surface area contributed by atoms with E-state index in [1.54, 1.807) is 0 Å². The van der Waals surface area contributed by atoms with E-state index < -0.39 is 0 Å². The second kappa shape index (κ2) is 7.63. The standard InChI is InChI=1S/C12H24N2O2/c1-10-3-2-4-11(7-10)8-14-12(15)9-16-6-5-13/h10-11H,2-9,13H2,1H3,(H,14,15). The van der Waals surface area contributed by atoms with E-state index in [9.17, 15) is 4.79 Å². The minimum atomic E-state index is -0.0216. The number of carbonyl (C=O) groups excluding carboxylic acids is 1. The maximum atomic E-state index is 11.4. The van der Waals surface area contributed by atoms with E-state index in [-0.39, 0.29) is 12.5 Å². The lowest BCUT2D eigenvalue weighted by Crippen LogP contribution is -2.34. The summed E-state index contributed by atoms with van der Waals surface area (Å²) in [5, 5.41) is 2.93. The van der Waals surface area contributed by atoms with Gasteiger partial charge in [-0.3, -0.25) is 4.79 Å². The lowest BCUT2D eigenvalue weighted by atomic mass is 9.82. The smallest absolute Gasteiger partial charge is 0.246 e. The number of hydrogen-bond donors (Lipinski definition) is 2. The van der Waals surface area contributed by atoms with Crippen LogP contribution in [0.2, 0.25) is 0 Å². The Morgan fingerprint density at radius 3 is 3.00 bits per heavy atom. The zero-order valence-electron chi connectivity index (χ0n) is 10.2. The van der Waals surface area contributed by atoms with Crippen LogP contribution < -0.4 is 11.1 Å². The Labute approximate surface area is 97.9 Å². The van der Waals surface area contributed by atoms with Crippen LogP contribution in [0.15, 0.2) is 0 Å². The van der Waals surface area contributed by atoms with Gasteiger partial charge >= 0.3 is 0 Å². The normalized spacial score (nSPS) is 25.4. The molecule has 3 N–H and O–H groups in total. The number of amides is 1. The maximum absolute atomic E-state index is 11.4. The summed E-state index contributed by atoms with van der Waals surface area (Å²) in [5.74, 6) is 1.44. The Morgan fingerprint density at radius 2 is 2.31 bits per heavy atom. The average molecular weight is 228 g/mol. The molecule has 0 aliphatic heterocycles. The van der Waals surface area contributed by atoms with E-state index >= 15 is 0 Å². The zero-order chi connectivity index (χ0) is 11.8. The highest BCUT2D eigenvalue weighted by Gasteiger charge is 2.19. The molecule has 0 radical (unpaired) electrons. The quantitative estimate of drug-likeness (QED) is 0.664. The van der Waals surface area contributed by atoms with Crippen molar-refractivity contribution in [2.45, 2.75) is 32.6 Å². The van der Waals surface area contributed by atoms with Crippen molar-refractivity contribution in [3.05, 3.63) is 0 Å². The van der Waals surface area contributed by atoms with Gasteiger partial charge in [0.2, 0.25) is 5.91 Å².